The Kier molecular flexibility index (Phi) is 4.28. The van der Waals surface area contributed by atoms with E-state index in [9.17, 15) is 4.79 Å². The highest BCUT2D eigenvalue weighted by Gasteiger charge is 2.25. The lowest BCUT2D eigenvalue weighted by atomic mass is 10.0. The second-order valence-corrected chi connectivity index (χ2v) is 7.09. The number of rotatable bonds is 5. The Morgan fingerprint density at radius 2 is 2.19 bits per heavy atom. The number of nitrogens with one attached hydrogen (secondary N) is 1. The zero-order valence-corrected chi connectivity index (χ0v) is 15.4. The summed E-state index contributed by atoms with van der Waals surface area (Å²) in [4.78, 5) is 21.9. The minimum atomic E-state index is -0.151. The Labute approximate surface area is 157 Å². The SMILES string of the molecule is C=CC(Nc1ncnc2cc(=O)n(C3CC3)cc12)c1cccc(C)c1S. The molecule has 0 spiro atoms. The van der Waals surface area contributed by atoms with Crippen molar-refractivity contribution in [3.05, 3.63) is 70.9 Å². The van der Waals surface area contributed by atoms with Gasteiger partial charge in [0.1, 0.15) is 12.1 Å². The Balaban J connectivity index is 1.78. The molecular weight excluding hydrogens is 344 g/mol. The predicted molar refractivity (Wildman–Crippen MR) is 107 cm³/mol. The predicted octanol–water partition coefficient (Wildman–Crippen LogP) is 4.06. The van der Waals surface area contributed by atoms with Gasteiger partial charge in [0.15, 0.2) is 0 Å². The molecule has 0 radical (unpaired) electrons. The average Bonchev–Trinajstić information content (AvgIpc) is 3.47. The van der Waals surface area contributed by atoms with Crippen molar-refractivity contribution >= 4 is 29.3 Å². The van der Waals surface area contributed by atoms with Crippen molar-refractivity contribution < 1.29 is 0 Å². The molecule has 132 valence electrons. The number of pyridine rings is 1. The van der Waals surface area contributed by atoms with Crippen LogP contribution in [-0.2, 0) is 0 Å². The van der Waals surface area contributed by atoms with E-state index in [-0.39, 0.29) is 11.6 Å². The summed E-state index contributed by atoms with van der Waals surface area (Å²) in [5.74, 6) is 0.684. The fraction of sp³-hybridized carbons (Fsp3) is 0.250. The van der Waals surface area contributed by atoms with Crippen LogP contribution in [0.25, 0.3) is 10.9 Å². The molecule has 1 atom stereocenters. The fourth-order valence-corrected chi connectivity index (χ4v) is 3.43. The summed E-state index contributed by atoms with van der Waals surface area (Å²) < 4.78 is 1.79. The molecule has 1 aliphatic carbocycles. The van der Waals surface area contributed by atoms with Gasteiger partial charge in [-0.1, -0.05) is 24.3 Å². The summed E-state index contributed by atoms with van der Waals surface area (Å²) in [6.07, 6.45) is 7.27. The number of fused-ring (bicyclic) bond motifs is 1. The molecule has 1 unspecified atom stereocenters. The van der Waals surface area contributed by atoms with E-state index in [1.165, 1.54) is 6.33 Å². The summed E-state index contributed by atoms with van der Waals surface area (Å²) in [5.41, 5.74) is 2.77. The summed E-state index contributed by atoms with van der Waals surface area (Å²) >= 11 is 4.64. The molecule has 5 nitrogen and oxygen atoms in total. The monoisotopic (exact) mass is 364 g/mol. The lowest BCUT2D eigenvalue weighted by Gasteiger charge is -2.19. The van der Waals surface area contributed by atoms with Gasteiger partial charge in [-0.15, -0.1) is 19.2 Å². The van der Waals surface area contributed by atoms with E-state index in [0.29, 0.717) is 17.4 Å². The molecule has 6 heteroatoms. The molecule has 3 aromatic rings. The van der Waals surface area contributed by atoms with Crippen molar-refractivity contribution in [2.45, 2.75) is 36.7 Å². The second-order valence-electron chi connectivity index (χ2n) is 6.64. The van der Waals surface area contributed by atoms with Gasteiger partial charge < -0.3 is 9.88 Å². The normalized spacial score (nSPS) is 15.0. The summed E-state index contributed by atoms with van der Waals surface area (Å²) in [5, 5.41) is 4.26. The Morgan fingerprint density at radius 1 is 1.38 bits per heavy atom. The third kappa shape index (κ3) is 3.01. The molecule has 2 aromatic heterocycles. The first-order chi connectivity index (χ1) is 12.6. The number of benzene rings is 1. The van der Waals surface area contributed by atoms with Crippen molar-refractivity contribution in [3.8, 4) is 0 Å². The van der Waals surface area contributed by atoms with Crippen LogP contribution < -0.4 is 10.9 Å². The molecule has 1 saturated carbocycles. The quantitative estimate of drug-likeness (QED) is 0.529. The Bertz CT molecular complexity index is 1060. The van der Waals surface area contributed by atoms with Crippen molar-refractivity contribution in [2.24, 2.45) is 0 Å². The lowest BCUT2D eigenvalue weighted by Crippen LogP contribution is -2.18. The summed E-state index contributed by atoms with van der Waals surface area (Å²) in [6, 6.07) is 7.79. The molecule has 2 heterocycles. The van der Waals surface area contributed by atoms with Gasteiger partial charge in [-0.05, 0) is 30.9 Å². The third-order valence-electron chi connectivity index (χ3n) is 4.77. The minimum absolute atomic E-state index is 0.0127. The number of thiol groups is 1. The second kappa shape index (κ2) is 6.61. The number of anilines is 1. The molecule has 1 aromatic carbocycles. The molecular formula is C20H20N4OS. The molecule has 4 rings (SSSR count). The van der Waals surface area contributed by atoms with Crippen LogP contribution in [0.1, 0.15) is 36.1 Å². The van der Waals surface area contributed by atoms with E-state index in [1.807, 2.05) is 37.4 Å². The minimum Gasteiger partial charge on any atom is -0.359 e. The van der Waals surface area contributed by atoms with E-state index in [4.69, 9.17) is 0 Å². The van der Waals surface area contributed by atoms with Crippen LogP contribution >= 0.6 is 12.6 Å². The molecule has 0 bridgehead atoms. The summed E-state index contributed by atoms with van der Waals surface area (Å²) in [7, 11) is 0. The topological polar surface area (TPSA) is 59.8 Å². The molecule has 0 amide bonds. The molecule has 0 aliphatic heterocycles. The first kappa shape index (κ1) is 16.8. The van der Waals surface area contributed by atoms with Crippen LogP contribution in [0, 0.1) is 6.92 Å². The Hall–Kier alpha value is -2.60. The number of aryl methyl sites for hydroxylation is 1. The van der Waals surface area contributed by atoms with E-state index in [1.54, 1.807) is 10.6 Å². The summed E-state index contributed by atoms with van der Waals surface area (Å²) in [6.45, 7) is 5.99. The van der Waals surface area contributed by atoms with Crippen LogP contribution in [0.4, 0.5) is 5.82 Å². The number of aromatic nitrogens is 3. The van der Waals surface area contributed by atoms with Crippen molar-refractivity contribution in [3.63, 3.8) is 0 Å². The third-order valence-corrected chi connectivity index (χ3v) is 5.38. The van der Waals surface area contributed by atoms with Crippen LogP contribution in [0.3, 0.4) is 0 Å². The zero-order valence-electron chi connectivity index (χ0n) is 14.5. The van der Waals surface area contributed by atoms with Gasteiger partial charge >= 0.3 is 0 Å². The highest BCUT2D eigenvalue weighted by molar-refractivity contribution is 7.80. The van der Waals surface area contributed by atoms with Crippen LogP contribution in [0.2, 0.25) is 0 Å². The van der Waals surface area contributed by atoms with Crippen molar-refractivity contribution in [1.82, 2.24) is 14.5 Å². The van der Waals surface area contributed by atoms with Crippen LogP contribution in [0.15, 0.2) is 59.1 Å². The van der Waals surface area contributed by atoms with Crippen molar-refractivity contribution in [2.75, 3.05) is 5.32 Å². The van der Waals surface area contributed by atoms with Crippen molar-refractivity contribution in [1.29, 1.82) is 0 Å². The van der Waals surface area contributed by atoms with Gasteiger partial charge in [0.05, 0.1) is 16.9 Å². The molecule has 1 aliphatic rings. The van der Waals surface area contributed by atoms with Gasteiger partial charge in [0, 0.05) is 23.2 Å². The first-order valence-corrected chi connectivity index (χ1v) is 9.07. The standard InChI is InChI=1S/C20H20N4OS/c1-3-16(14-6-4-5-12(2)19(14)26)23-20-15-10-24(13-7-8-13)18(25)9-17(15)21-11-22-20/h3-6,9-11,13,16,26H,1,7-8H2,2H3,(H,21,22,23). The zero-order chi connectivity index (χ0) is 18.3. The van der Waals surface area contributed by atoms with E-state index < -0.39 is 0 Å². The average molecular weight is 364 g/mol. The highest BCUT2D eigenvalue weighted by atomic mass is 32.1. The number of hydrogen-bond donors (Lipinski definition) is 2. The van der Waals surface area contributed by atoms with Crippen LogP contribution in [-0.4, -0.2) is 14.5 Å². The number of nitrogens with zero attached hydrogens (tertiary/aromatic N) is 3. The first-order valence-electron chi connectivity index (χ1n) is 8.63. The Morgan fingerprint density at radius 3 is 2.92 bits per heavy atom. The smallest absolute Gasteiger partial charge is 0.252 e. The maximum Gasteiger partial charge on any atom is 0.252 e. The van der Waals surface area contributed by atoms with Gasteiger partial charge in [-0.25, -0.2) is 9.97 Å². The number of hydrogen-bond acceptors (Lipinski definition) is 5. The maximum atomic E-state index is 12.3. The molecule has 26 heavy (non-hydrogen) atoms. The van der Waals surface area contributed by atoms with Gasteiger partial charge in [-0.2, -0.15) is 0 Å². The molecule has 0 saturated heterocycles. The van der Waals surface area contributed by atoms with E-state index >= 15 is 0 Å². The highest BCUT2D eigenvalue weighted by Crippen LogP contribution is 2.35. The van der Waals surface area contributed by atoms with Gasteiger partial charge in [0.25, 0.3) is 5.56 Å². The molecule has 1 N–H and O–H groups in total. The molecule has 1 fully saturated rings. The maximum absolute atomic E-state index is 12.3. The van der Waals surface area contributed by atoms with E-state index in [0.717, 1.165) is 34.3 Å². The van der Waals surface area contributed by atoms with E-state index in [2.05, 4.69) is 34.5 Å². The lowest BCUT2D eigenvalue weighted by molar-refractivity contribution is 0.712. The van der Waals surface area contributed by atoms with Gasteiger partial charge in [0.2, 0.25) is 0 Å². The van der Waals surface area contributed by atoms with Crippen LogP contribution in [0.5, 0.6) is 0 Å². The largest absolute Gasteiger partial charge is 0.359 e. The van der Waals surface area contributed by atoms with Gasteiger partial charge in [-0.3, -0.25) is 4.79 Å². The fourth-order valence-electron chi connectivity index (χ4n) is 3.14.